The van der Waals surface area contributed by atoms with E-state index >= 15 is 0 Å². The number of carbonyl (C=O) groups excluding carboxylic acids is 1. The molecule has 0 fully saturated rings. The summed E-state index contributed by atoms with van der Waals surface area (Å²) >= 11 is 0. The summed E-state index contributed by atoms with van der Waals surface area (Å²) in [7, 11) is 0. The van der Waals surface area contributed by atoms with Crippen molar-refractivity contribution in [2.45, 2.75) is 18.8 Å². The van der Waals surface area contributed by atoms with Gasteiger partial charge in [-0.2, -0.15) is 0 Å². The van der Waals surface area contributed by atoms with Gasteiger partial charge in [-0.25, -0.2) is 0 Å². The molecule has 0 unspecified atom stereocenters. The van der Waals surface area contributed by atoms with Crippen LogP contribution in [0, 0.1) is 0 Å². The standard InChI is InChI=1S/C23H21NO4/c25-22(15-18(16-23(26)27)17-7-3-1-4-8-17)24-19-11-13-21(14-12-19)28-20-9-5-2-6-10-20/h1-14,18H,15-16H2,(H,24,25)(H,26,27)/t18-/m1/s1. The Kier molecular flexibility index (Phi) is 6.41. The van der Waals surface area contributed by atoms with E-state index in [1.54, 1.807) is 24.3 Å². The lowest BCUT2D eigenvalue weighted by Crippen LogP contribution is -2.17. The van der Waals surface area contributed by atoms with Crippen molar-refractivity contribution in [3.05, 3.63) is 90.5 Å². The van der Waals surface area contributed by atoms with Crippen LogP contribution in [-0.4, -0.2) is 17.0 Å². The van der Waals surface area contributed by atoms with Gasteiger partial charge in [-0.15, -0.1) is 0 Å². The third-order valence-corrected chi connectivity index (χ3v) is 4.24. The highest BCUT2D eigenvalue weighted by Crippen LogP contribution is 2.25. The molecule has 0 aromatic heterocycles. The quantitative estimate of drug-likeness (QED) is 0.577. The van der Waals surface area contributed by atoms with Crippen LogP contribution in [0.2, 0.25) is 0 Å². The van der Waals surface area contributed by atoms with Crippen LogP contribution in [0.5, 0.6) is 11.5 Å². The Morgan fingerprint density at radius 3 is 1.96 bits per heavy atom. The van der Waals surface area contributed by atoms with E-state index < -0.39 is 5.97 Å². The second kappa shape index (κ2) is 9.37. The summed E-state index contributed by atoms with van der Waals surface area (Å²) in [5.41, 5.74) is 1.47. The number of carboxylic acids is 1. The summed E-state index contributed by atoms with van der Waals surface area (Å²) in [6.45, 7) is 0. The first kappa shape index (κ1) is 19.2. The lowest BCUT2D eigenvalue weighted by atomic mass is 9.92. The fourth-order valence-corrected chi connectivity index (χ4v) is 2.91. The van der Waals surface area contributed by atoms with E-state index in [-0.39, 0.29) is 24.7 Å². The van der Waals surface area contributed by atoms with Gasteiger partial charge in [-0.05, 0) is 42.0 Å². The first-order valence-corrected chi connectivity index (χ1v) is 9.00. The molecule has 0 saturated carbocycles. The number of ether oxygens (including phenoxy) is 1. The van der Waals surface area contributed by atoms with Crippen LogP contribution in [0.3, 0.4) is 0 Å². The summed E-state index contributed by atoms with van der Waals surface area (Å²) in [6.07, 6.45) is -0.000132. The van der Waals surface area contributed by atoms with E-state index in [2.05, 4.69) is 5.32 Å². The molecule has 1 amide bonds. The topological polar surface area (TPSA) is 75.6 Å². The van der Waals surface area contributed by atoms with Crippen LogP contribution in [-0.2, 0) is 9.59 Å². The van der Waals surface area contributed by atoms with E-state index in [9.17, 15) is 9.59 Å². The van der Waals surface area contributed by atoms with Gasteiger partial charge in [0.05, 0.1) is 6.42 Å². The molecule has 0 bridgehead atoms. The number of anilines is 1. The Bertz CT molecular complexity index is 908. The van der Waals surface area contributed by atoms with Crippen molar-refractivity contribution in [3.8, 4) is 11.5 Å². The zero-order chi connectivity index (χ0) is 19.8. The van der Waals surface area contributed by atoms with Crippen molar-refractivity contribution in [3.63, 3.8) is 0 Å². The number of aliphatic carboxylic acids is 1. The van der Waals surface area contributed by atoms with Crippen LogP contribution < -0.4 is 10.1 Å². The largest absolute Gasteiger partial charge is 0.481 e. The minimum atomic E-state index is -0.927. The number of rotatable bonds is 8. The number of carbonyl (C=O) groups is 2. The minimum absolute atomic E-state index is 0.0958. The van der Waals surface area contributed by atoms with Gasteiger partial charge >= 0.3 is 5.97 Å². The van der Waals surface area contributed by atoms with Crippen LogP contribution in [0.4, 0.5) is 5.69 Å². The van der Waals surface area contributed by atoms with Gasteiger partial charge in [0.15, 0.2) is 0 Å². The molecule has 0 spiro atoms. The molecule has 5 nitrogen and oxygen atoms in total. The Balaban J connectivity index is 1.60. The smallest absolute Gasteiger partial charge is 0.303 e. The van der Waals surface area contributed by atoms with E-state index in [1.807, 2.05) is 60.7 Å². The molecule has 3 aromatic carbocycles. The van der Waals surface area contributed by atoms with E-state index in [4.69, 9.17) is 9.84 Å². The van der Waals surface area contributed by atoms with Crippen molar-refractivity contribution in [2.24, 2.45) is 0 Å². The lowest BCUT2D eigenvalue weighted by molar-refractivity contribution is -0.137. The summed E-state index contributed by atoms with van der Waals surface area (Å²) in [4.78, 5) is 23.6. The number of carboxylic acid groups (broad SMARTS) is 1. The average Bonchev–Trinajstić information content (AvgIpc) is 2.70. The summed E-state index contributed by atoms with van der Waals surface area (Å²) in [6, 6.07) is 25.7. The van der Waals surface area contributed by atoms with Crippen molar-refractivity contribution in [1.29, 1.82) is 0 Å². The van der Waals surface area contributed by atoms with Gasteiger partial charge in [0.1, 0.15) is 11.5 Å². The number of para-hydroxylation sites is 1. The van der Waals surface area contributed by atoms with E-state index in [0.29, 0.717) is 11.4 Å². The molecule has 0 aliphatic carbocycles. The highest BCUT2D eigenvalue weighted by Gasteiger charge is 2.19. The number of hydrogen-bond acceptors (Lipinski definition) is 3. The summed E-state index contributed by atoms with van der Waals surface area (Å²) in [5, 5.41) is 12.0. The number of hydrogen-bond donors (Lipinski definition) is 2. The second-order valence-electron chi connectivity index (χ2n) is 6.40. The Hall–Kier alpha value is -3.60. The summed E-state index contributed by atoms with van der Waals surface area (Å²) in [5.74, 6) is -0.133. The molecule has 3 aromatic rings. The van der Waals surface area contributed by atoms with Gasteiger partial charge < -0.3 is 15.2 Å². The third-order valence-electron chi connectivity index (χ3n) is 4.24. The Morgan fingerprint density at radius 2 is 1.36 bits per heavy atom. The van der Waals surface area contributed by atoms with Crippen molar-refractivity contribution >= 4 is 17.6 Å². The molecule has 0 saturated heterocycles. The maximum absolute atomic E-state index is 12.4. The van der Waals surface area contributed by atoms with Crippen LogP contribution in [0.1, 0.15) is 24.3 Å². The lowest BCUT2D eigenvalue weighted by Gasteiger charge is -2.15. The molecule has 28 heavy (non-hydrogen) atoms. The van der Waals surface area contributed by atoms with Gasteiger partial charge in [-0.3, -0.25) is 9.59 Å². The normalized spacial score (nSPS) is 11.4. The molecule has 0 radical (unpaired) electrons. The molecule has 0 heterocycles. The van der Waals surface area contributed by atoms with Crippen LogP contribution in [0.15, 0.2) is 84.9 Å². The van der Waals surface area contributed by atoms with Gasteiger partial charge in [0.2, 0.25) is 5.91 Å². The maximum atomic E-state index is 12.4. The zero-order valence-corrected chi connectivity index (χ0v) is 15.2. The van der Waals surface area contributed by atoms with Crippen molar-refractivity contribution < 1.29 is 19.4 Å². The molecule has 3 rings (SSSR count). The molecule has 0 aliphatic heterocycles. The molecule has 0 aliphatic rings. The first-order chi connectivity index (χ1) is 13.6. The van der Waals surface area contributed by atoms with Crippen LogP contribution >= 0.6 is 0 Å². The average molecular weight is 375 g/mol. The monoisotopic (exact) mass is 375 g/mol. The summed E-state index contributed by atoms with van der Waals surface area (Å²) < 4.78 is 5.73. The first-order valence-electron chi connectivity index (χ1n) is 9.00. The fraction of sp³-hybridized carbons (Fsp3) is 0.130. The molecule has 142 valence electrons. The molecular formula is C23H21NO4. The SMILES string of the molecule is O=C(O)C[C@@H](CC(=O)Nc1ccc(Oc2ccccc2)cc1)c1ccccc1. The molecule has 1 atom stereocenters. The predicted octanol–water partition coefficient (Wildman–Crippen LogP) is 5.07. The van der Waals surface area contributed by atoms with Crippen LogP contribution in [0.25, 0.3) is 0 Å². The fourth-order valence-electron chi connectivity index (χ4n) is 2.91. The number of benzene rings is 3. The second-order valence-corrected chi connectivity index (χ2v) is 6.40. The molecular weight excluding hydrogens is 354 g/mol. The minimum Gasteiger partial charge on any atom is -0.481 e. The molecule has 5 heteroatoms. The van der Waals surface area contributed by atoms with Gasteiger partial charge in [0, 0.05) is 18.0 Å². The van der Waals surface area contributed by atoms with E-state index in [1.165, 1.54) is 0 Å². The van der Waals surface area contributed by atoms with E-state index in [0.717, 1.165) is 11.3 Å². The highest BCUT2D eigenvalue weighted by molar-refractivity contribution is 5.91. The predicted molar refractivity (Wildman–Crippen MR) is 108 cm³/mol. The Labute approximate surface area is 163 Å². The number of nitrogens with one attached hydrogen (secondary N) is 1. The van der Waals surface area contributed by atoms with Crippen molar-refractivity contribution in [1.82, 2.24) is 0 Å². The number of amides is 1. The highest BCUT2D eigenvalue weighted by atomic mass is 16.5. The zero-order valence-electron chi connectivity index (χ0n) is 15.2. The maximum Gasteiger partial charge on any atom is 0.303 e. The van der Waals surface area contributed by atoms with Crippen molar-refractivity contribution in [2.75, 3.05) is 5.32 Å². The Morgan fingerprint density at radius 1 is 0.786 bits per heavy atom. The van der Waals surface area contributed by atoms with Gasteiger partial charge in [0.25, 0.3) is 0 Å². The third kappa shape index (κ3) is 5.71. The molecule has 2 N–H and O–H groups in total. The van der Waals surface area contributed by atoms with Gasteiger partial charge in [-0.1, -0.05) is 48.5 Å².